The van der Waals surface area contributed by atoms with Crippen LogP contribution in [0.1, 0.15) is 30.7 Å². The third-order valence-electron chi connectivity index (χ3n) is 5.90. The lowest BCUT2D eigenvalue weighted by Crippen LogP contribution is -2.66. The van der Waals surface area contributed by atoms with E-state index >= 15 is 0 Å². The minimum absolute atomic E-state index is 0.0192. The van der Waals surface area contributed by atoms with Crippen molar-refractivity contribution >= 4 is 5.91 Å². The molecule has 2 aromatic rings. The summed E-state index contributed by atoms with van der Waals surface area (Å²) in [7, 11) is 0. The topological polar surface area (TPSA) is 64.3 Å². The predicted octanol–water partition coefficient (Wildman–Crippen LogP) is 3.47. The fourth-order valence-electron chi connectivity index (χ4n) is 4.26. The van der Waals surface area contributed by atoms with Crippen molar-refractivity contribution in [3.63, 3.8) is 0 Å². The number of nitrogens with zero attached hydrogens (tertiary/aromatic N) is 2. The van der Waals surface area contributed by atoms with Crippen molar-refractivity contribution < 1.29 is 14.3 Å². The van der Waals surface area contributed by atoms with Crippen LogP contribution in [0.3, 0.4) is 0 Å². The molecular weight excluding hydrogens is 343 g/mol. The Balaban J connectivity index is 1.71. The first-order valence-corrected chi connectivity index (χ1v) is 9.33. The standard InChI is InChI=1S/C22H21FN2O2/c23-16-8-4-7-15(11-16)17-9-1-2-10-18(17)21-19(12-24)25(20(21)13-26)22(27)14-5-3-6-14/h1-2,4,7-11,14,19-21,26H,3,5-6,13H2/t19-,20+,21+/m1/s1. The number of benzene rings is 2. The zero-order valence-electron chi connectivity index (χ0n) is 14.9. The number of carbonyl (C=O) groups is 1. The van der Waals surface area contributed by atoms with Crippen LogP contribution in [0.4, 0.5) is 4.39 Å². The summed E-state index contributed by atoms with van der Waals surface area (Å²) in [4.78, 5) is 14.3. The molecular formula is C22H21FN2O2. The lowest BCUT2D eigenvalue weighted by Gasteiger charge is -2.53. The molecule has 2 aromatic carbocycles. The number of hydrogen-bond acceptors (Lipinski definition) is 3. The molecule has 1 aliphatic carbocycles. The van der Waals surface area contributed by atoms with Crippen molar-refractivity contribution in [2.24, 2.45) is 5.92 Å². The van der Waals surface area contributed by atoms with Gasteiger partial charge in [-0.25, -0.2) is 4.39 Å². The summed E-state index contributed by atoms with van der Waals surface area (Å²) < 4.78 is 13.7. The zero-order valence-corrected chi connectivity index (χ0v) is 14.9. The van der Waals surface area contributed by atoms with Gasteiger partial charge in [0.1, 0.15) is 11.9 Å². The smallest absolute Gasteiger partial charge is 0.227 e. The van der Waals surface area contributed by atoms with Gasteiger partial charge in [0.2, 0.25) is 5.91 Å². The number of nitriles is 1. The van der Waals surface area contributed by atoms with Gasteiger partial charge in [0, 0.05) is 11.8 Å². The molecule has 0 spiro atoms. The number of halogens is 1. The lowest BCUT2D eigenvalue weighted by atomic mass is 9.71. The Kier molecular flexibility index (Phi) is 4.67. The van der Waals surface area contributed by atoms with E-state index in [1.807, 2.05) is 30.3 Å². The van der Waals surface area contributed by atoms with Crippen LogP contribution in [0, 0.1) is 23.1 Å². The summed E-state index contributed by atoms with van der Waals surface area (Å²) in [5.41, 5.74) is 2.42. The maximum atomic E-state index is 13.7. The molecule has 1 saturated heterocycles. The molecule has 1 saturated carbocycles. The Morgan fingerprint density at radius 1 is 1.22 bits per heavy atom. The van der Waals surface area contributed by atoms with E-state index in [0.29, 0.717) is 0 Å². The van der Waals surface area contributed by atoms with Gasteiger partial charge in [-0.15, -0.1) is 0 Å². The van der Waals surface area contributed by atoms with E-state index in [-0.39, 0.29) is 30.2 Å². The lowest BCUT2D eigenvalue weighted by molar-refractivity contribution is -0.154. The monoisotopic (exact) mass is 364 g/mol. The zero-order chi connectivity index (χ0) is 19.0. The fraction of sp³-hybridized carbons (Fsp3) is 0.364. The molecule has 4 rings (SSSR count). The molecule has 3 atom stereocenters. The van der Waals surface area contributed by atoms with Crippen LogP contribution in [-0.4, -0.2) is 34.6 Å². The molecule has 0 unspecified atom stereocenters. The van der Waals surface area contributed by atoms with Gasteiger partial charge < -0.3 is 10.0 Å². The summed E-state index contributed by atoms with van der Waals surface area (Å²) in [6.45, 7) is -0.196. The second-order valence-corrected chi connectivity index (χ2v) is 7.32. The molecule has 2 aliphatic rings. The van der Waals surface area contributed by atoms with Crippen molar-refractivity contribution in [3.8, 4) is 17.2 Å². The first-order chi connectivity index (χ1) is 13.2. The molecule has 1 amide bonds. The predicted molar refractivity (Wildman–Crippen MR) is 99.0 cm³/mol. The first kappa shape index (κ1) is 17.7. The van der Waals surface area contributed by atoms with Gasteiger partial charge in [0.05, 0.1) is 18.7 Å². The van der Waals surface area contributed by atoms with Crippen LogP contribution in [0.2, 0.25) is 0 Å². The summed E-state index contributed by atoms with van der Waals surface area (Å²) in [5.74, 6) is -0.655. The number of amides is 1. The van der Waals surface area contributed by atoms with E-state index in [1.54, 1.807) is 11.0 Å². The maximum absolute atomic E-state index is 13.7. The molecule has 27 heavy (non-hydrogen) atoms. The van der Waals surface area contributed by atoms with Gasteiger partial charge in [-0.05, 0) is 41.7 Å². The Labute approximate surface area is 157 Å². The van der Waals surface area contributed by atoms with Gasteiger partial charge >= 0.3 is 0 Å². The maximum Gasteiger partial charge on any atom is 0.227 e. The van der Waals surface area contributed by atoms with Crippen molar-refractivity contribution in [1.82, 2.24) is 4.90 Å². The summed E-state index contributed by atoms with van der Waals surface area (Å²) in [5, 5.41) is 19.7. The Morgan fingerprint density at radius 3 is 2.63 bits per heavy atom. The minimum atomic E-state index is -0.607. The molecule has 138 valence electrons. The molecule has 1 heterocycles. The third kappa shape index (κ3) is 2.90. The van der Waals surface area contributed by atoms with Gasteiger partial charge in [-0.1, -0.05) is 42.8 Å². The molecule has 2 fully saturated rings. The van der Waals surface area contributed by atoms with E-state index in [1.165, 1.54) is 12.1 Å². The van der Waals surface area contributed by atoms with Crippen LogP contribution in [0.15, 0.2) is 48.5 Å². The van der Waals surface area contributed by atoms with Crippen LogP contribution in [-0.2, 0) is 4.79 Å². The number of likely N-dealkylation sites (tertiary alicyclic amines) is 1. The van der Waals surface area contributed by atoms with Gasteiger partial charge in [0.15, 0.2) is 0 Å². The van der Waals surface area contributed by atoms with Crippen molar-refractivity contribution in [2.75, 3.05) is 6.61 Å². The van der Waals surface area contributed by atoms with E-state index in [2.05, 4.69) is 6.07 Å². The van der Waals surface area contributed by atoms with E-state index in [0.717, 1.165) is 36.0 Å². The number of aliphatic hydroxyl groups excluding tert-OH is 1. The van der Waals surface area contributed by atoms with Crippen molar-refractivity contribution in [2.45, 2.75) is 37.3 Å². The SMILES string of the molecule is N#C[C@@H]1[C@H](c2ccccc2-c2cccc(F)c2)[C@H](CO)N1C(=O)C1CCC1. The summed E-state index contributed by atoms with van der Waals surface area (Å²) >= 11 is 0. The average molecular weight is 364 g/mol. The van der Waals surface area contributed by atoms with Crippen molar-refractivity contribution in [3.05, 3.63) is 59.9 Å². The Bertz CT molecular complexity index is 903. The quantitative estimate of drug-likeness (QED) is 0.903. The number of aliphatic hydroxyl groups is 1. The van der Waals surface area contributed by atoms with E-state index in [9.17, 15) is 19.6 Å². The molecule has 1 N–H and O–H groups in total. The second-order valence-electron chi connectivity index (χ2n) is 7.32. The number of carbonyl (C=O) groups excluding carboxylic acids is 1. The van der Waals surface area contributed by atoms with Gasteiger partial charge in [-0.2, -0.15) is 5.26 Å². The first-order valence-electron chi connectivity index (χ1n) is 9.33. The Morgan fingerprint density at radius 2 is 2.00 bits per heavy atom. The second kappa shape index (κ2) is 7.13. The van der Waals surface area contributed by atoms with Crippen molar-refractivity contribution in [1.29, 1.82) is 5.26 Å². The highest BCUT2D eigenvalue weighted by Crippen LogP contribution is 2.46. The van der Waals surface area contributed by atoms with E-state index in [4.69, 9.17) is 0 Å². The van der Waals surface area contributed by atoms with Crippen LogP contribution in [0.25, 0.3) is 11.1 Å². The highest BCUT2D eigenvalue weighted by Gasteiger charge is 2.53. The normalized spacial score (nSPS) is 24.6. The van der Waals surface area contributed by atoms with Crippen LogP contribution < -0.4 is 0 Å². The number of rotatable bonds is 4. The molecule has 1 aliphatic heterocycles. The largest absolute Gasteiger partial charge is 0.394 e. The van der Waals surface area contributed by atoms with Gasteiger partial charge in [0.25, 0.3) is 0 Å². The Hall–Kier alpha value is -2.71. The average Bonchev–Trinajstić information content (AvgIpc) is 2.60. The summed E-state index contributed by atoms with van der Waals surface area (Å²) in [6.07, 6.45) is 2.75. The molecule has 0 aromatic heterocycles. The highest BCUT2D eigenvalue weighted by atomic mass is 19.1. The highest BCUT2D eigenvalue weighted by molar-refractivity contribution is 5.83. The fourth-order valence-corrected chi connectivity index (χ4v) is 4.26. The molecule has 0 radical (unpaired) electrons. The van der Waals surface area contributed by atoms with Crippen LogP contribution in [0.5, 0.6) is 0 Å². The molecule has 4 nitrogen and oxygen atoms in total. The van der Waals surface area contributed by atoms with Crippen LogP contribution >= 0.6 is 0 Å². The van der Waals surface area contributed by atoms with Gasteiger partial charge in [-0.3, -0.25) is 4.79 Å². The summed E-state index contributed by atoms with van der Waals surface area (Å²) in [6, 6.07) is 15.1. The number of hydrogen-bond donors (Lipinski definition) is 1. The van der Waals surface area contributed by atoms with E-state index < -0.39 is 12.1 Å². The minimum Gasteiger partial charge on any atom is -0.394 e. The molecule has 0 bridgehead atoms. The third-order valence-corrected chi connectivity index (χ3v) is 5.90. The molecule has 5 heteroatoms.